The van der Waals surface area contributed by atoms with Crippen molar-refractivity contribution >= 4 is 5.97 Å². The molecular weight excluding hydrogens is 294 g/mol. The minimum absolute atomic E-state index is 1.81. The third-order valence-electron chi connectivity index (χ3n) is 1.53. The summed E-state index contributed by atoms with van der Waals surface area (Å²) in [6.07, 6.45) is -10.9. The van der Waals surface area contributed by atoms with E-state index in [1.807, 2.05) is 4.94 Å². The molecule has 0 unspecified atom stereocenters. The molecule has 0 aliphatic rings. The summed E-state index contributed by atoms with van der Waals surface area (Å²) in [5, 5.41) is 0. The van der Waals surface area contributed by atoms with E-state index in [9.17, 15) is 48.8 Å². The van der Waals surface area contributed by atoms with Gasteiger partial charge in [0, 0.05) is 4.53 Å². The monoisotopic (exact) mass is 294 g/mol. The summed E-state index contributed by atoms with van der Waals surface area (Å²) in [7, 11) is 0. The van der Waals surface area contributed by atoms with Gasteiger partial charge in [0.15, 0.2) is 5.57 Å². The fraction of sp³-hybridized carbons (Fsp3) is 0.500. The van der Waals surface area contributed by atoms with Gasteiger partial charge in [-0.1, -0.05) is 0 Å². The molecule has 106 valence electrons. The second kappa shape index (κ2) is 4.65. The van der Waals surface area contributed by atoms with Gasteiger partial charge in [-0.25, -0.2) is 9.74 Å². The van der Waals surface area contributed by atoms with Crippen LogP contribution in [0.15, 0.2) is 11.7 Å². The molecular formula is C6F10O2. The largest absolute Gasteiger partial charge is 0.460 e. The van der Waals surface area contributed by atoms with Gasteiger partial charge in [-0.2, -0.15) is 39.5 Å². The van der Waals surface area contributed by atoms with Crippen molar-refractivity contribution in [3.8, 4) is 0 Å². The molecule has 0 aromatic carbocycles. The maximum Gasteiger partial charge on any atom is 0.460 e. The summed E-state index contributed by atoms with van der Waals surface area (Å²) < 4.78 is 119. The summed E-state index contributed by atoms with van der Waals surface area (Å²) in [6, 6.07) is 0. The number of halogens is 10. The minimum Gasteiger partial charge on any atom is -0.249 e. The standard InChI is InChI=1S/C6F10O2/c7-2(8)1(3(17)18-16)4(9,10)5(11,12)6(13,14)15. The van der Waals surface area contributed by atoms with E-state index in [-0.39, 0.29) is 0 Å². The van der Waals surface area contributed by atoms with Gasteiger partial charge in [0.25, 0.3) is 6.08 Å². The molecule has 0 bridgehead atoms. The molecule has 0 saturated heterocycles. The number of rotatable bonds is 3. The fourth-order valence-corrected chi connectivity index (χ4v) is 0.698. The van der Waals surface area contributed by atoms with Gasteiger partial charge in [-0.05, 0) is 0 Å². The van der Waals surface area contributed by atoms with Crippen molar-refractivity contribution in [2.45, 2.75) is 18.0 Å². The highest BCUT2D eigenvalue weighted by Gasteiger charge is 2.76. The second-order valence-electron chi connectivity index (χ2n) is 2.65. The van der Waals surface area contributed by atoms with E-state index in [0.717, 1.165) is 0 Å². The first-order valence-corrected chi connectivity index (χ1v) is 3.51. The molecule has 0 aliphatic carbocycles. The maximum absolute atomic E-state index is 12.6. The summed E-state index contributed by atoms with van der Waals surface area (Å²) in [6.45, 7) is 0. The van der Waals surface area contributed by atoms with E-state index in [4.69, 9.17) is 0 Å². The van der Waals surface area contributed by atoms with Crippen LogP contribution in [0.1, 0.15) is 0 Å². The molecule has 0 saturated carbocycles. The molecule has 18 heavy (non-hydrogen) atoms. The third kappa shape index (κ3) is 2.51. The van der Waals surface area contributed by atoms with Crippen molar-refractivity contribution in [1.29, 1.82) is 0 Å². The van der Waals surface area contributed by atoms with Crippen LogP contribution in [-0.2, 0) is 9.74 Å². The first kappa shape index (κ1) is 16.5. The van der Waals surface area contributed by atoms with E-state index in [1.54, 1.807) is 0 Å². The molecule has 0 radical (unpaired) electrons. The van der Waals surface area contributed by atoms with Gasteiger partial charge in [0.2, 0.25) is 0 Å². The van der Waals surface area contributed by atoms with Crippen LogP contribution in [0.4, 0.5) is 44.0 Å². The smallest absolute Gasteiger partial charge is 0.249 e. The zero-order chi connectivity index (χ0) is 14.9. The first-order valence-electron chi connectivity index (χ1n) is 3.51. The highest BCUT2D eigenvalue weighted by Crippen LogP contribution is 2.50. The van der Waals surface area contributed by atoms with E-state index in [1.165, 1.54) is 0 Å². The van der Waals surface area contributed by atoms with Crippen LogP contribution in [-0.4, -0.2) is 24.0 Å². The Hall–Kier alpha value is -1.49. The average Bonchev–Trinajstić information content (AvgIpc) is 2.14. The molecule has 0 aromatic heterocycles. The van der Waals surface area contributed by atoms with Crippen LogP contribution in [0.25, 0.3) is 0 Å². The van der Waals surface area contributed by atoms with E-state index < -0.39 is 35.6 Å². The molecule has 0 rings (SSSR count). The summed E-state index contributed by atoms with van der Waals surface area (Å²) in [5.74, 6) is -17.1. The lowest BCUT2D eigenvalue weighted by Crippen LogP contribution is -2.54. The molecule has 12 heteroatoms. The van der Waals surface area contributed by atoms with Gasteiger partial charge < -0.3 is 0 Å². The topological polar surface area (TPSA) is 26.3 Å². The minimum atomic E-state index is -7.02. The Kier molecular flexibility index (Phi) is 4.26. The Bertz CT molecular complexity index is 363. The molecule has 0 N–H and O–H groups in total. The van der Waals surface area contributed by atoms with Crippen LogP contribution in [0.3, 0.4) is 0 Å². The SMILES string of the molecule is O=C(OF)C(=C(F)F)C(F)(F)C(F)(F)C(F)(F)F. The van der Waals surface area contributed by atoms with Gasteiger partial charge in [-0.15, -0.1) is 0 Å². The lowest BCUT2D eigenvalue weighted by molar-refractivity contribution is -0.345. The van der Waals surface area contributed by atoms with E-state index in [0.29, 0.717) is 0 Å². The van der Waals surface area contributed by atoms with E-state index >= 15 is 0 Å². The van der Waals surface area contributed by atoms with Gasteiger partial charge >= 0.3 is 24.0 Å². The van der Waals surface area contributed by atoms with Gasteiger partial charge in [0.05, 0.1) is 0 Å². The number of carbonyl (C=O) groups is 1. The lowest BCUT2D eigenvalue weighted by Gasteiger charge is -2.27. The first-order chi connectivity index (χ1) is 7.80. The van der Waals surface area contributed by atoms with Crippen molar-refractivity contribution in [1.82, 2.24) is 0 Å². The average molecular weight is 294 g/mol. The number of alkyl halides is 7. The Morgan fingerprint density at radius 2 is 1.28 bits per heavy atom. The van der Waals surface area contributed by atoms with Crippen molar-refractivity contribution in [2.75, 3.05) is 0 Å². The second-order valence-corrected chi connectivity index (χ2v) is 2.65. The number of hydrogen-bond acceptors (Lipinski definition) is 2. The summed E-state index contributed by atoms with van der Waals surface area (Å²) in [4.78, 5) is 11.9. The molecule has 0 aliphatic heterocycles. The van der Waals surface area contributed by atoms with Gasteiger partial charge in [-0.3, -0.25) is 0 Å². The highest BCUT2D eigenvalue weighted by atomic mass is 19.4. The zero-order valence-electron chi connectivity index (χ0n) is 7.60. The number of hydrogen-bond donors (Lipinski definition) is 0. The Labute approximate surface area is 90.7 Å². The molecule has 0 spiro atoms. The molecule has 2 nitrogen and oxygen atoms in total. The Morgan fingerprint density at radius 1 is 0.889 bits per heavy atom. The summed E-state index contributed by atoms with van der Waals surface area (Å²) >= 11 is 0. The van der Waals surface area contributed by atoms with Crippen LogP contribution in [0.5, 0.6) is 0 Å². The number of carbonyl (C=O) groups excluding carboxylic acids is 1. The highest BCUT2D eigenvalue weighted by molar-refractivity contribution is 5.90. The predicted molar refractivity (Wildman–Crippen MR) is 32.4 cm³/mol. The third-order valence-corrected chi connectivity index (χ3v) is 1.53. The van der Waals surface area contributed by atoms with Gasteiger partial charge in [0.1, 0.15) is 0 Å². The molecule has 0 fully saturated rings. The predicted octanol–water partition coefficient (Wildman–Crippen LogP) is 3.40. The fourth-order valence-electron chi connectivity index (χ4n) is 0.698. The molecule has 0 amide bonds. The van der Waals surface area contributed by atoms with Crippen molar-refractivity contribution in [3.63, 3.8) is 0 Å². The zero-order valence-corrected chi connectivity index (χ0v) is 7.60. The molecule has 0 atom stereocenters. The van der Waals surface area contributed by atoms with Crippen LogP contribution in [0, 0.1) is 0 Å². The Balaban J connectivity index is 5.91. The van der Waals surface area contributed by atoms with Crippen LogP contribution < -0.4 is 0 Å². The van der Waals surface area contributed by atoms with Crippen molar-refractivity contribution < 1.29 is 53.8 Å². The summed E-state index contributed by atoms with van der Waals surface area (Å²) in [5.41, 5.74) is -3.72. The van der Waals surface area contributed by atoms with Crippen LogP contribution >= 0.6 is 0 Å². The van der Waals surface area contributed by atoms with Crippen molar-refractivity contribution in [3.05, 3.63) is 11.7 Å². The maximum atomic E-state index is 12.6. The van der Waals surface area contributed by atoms with Crippen LogP contribution in [0.2, 0.25) is 0 Å². The Morgan fingerprint density at radius 3 is 1.50 bits per heavy atom. The lowest BCUT2D eigenvalue weighted by atomic mass is 10.0. The van der Waals surface area contributed by atoms with E-state index in [2.05, 4.69) is 0 Å². The normalized spacial score (nSPS) is 13.2. The quantitative estimate of drug-likeness (QED) is 0.589. The molecule has 0 heterocycles. The van der Waals surface area contributed by atoms with Crippen molar-refractivity contribution in [2.24, 2.45) is 0 Å². The molecule has 0 aromatic rings.